The maximum atomic E-state index is 14.6. The Morgan fingerprint density at radius 2 is 1.72 bits per heavy atom. The van der Waals surface area contributed by atoms with Crippen molar-refractivity contribution in [2.45, 2.75) is 12.5 Å². The Kier molecular flexibility index (Phi) is 7.64. The van der Waals surface area contributed by atoms with Gasteiger partial charge in [0, 0.05) is 6.54 Å². The number of carbonyl (C=O) groups excluding carboxylic acids is 2. The van der Waals surface area contributed by atoms with Gasteiger partial charge in [0.25, 0.3) is 5.91 Å². The standard InChI is InChI=1S/C27H25ClFNO6/c1-33-23-13-17-11-12-30(26(31)25-20(28)5-4-6-21(25)29)22(19(17)14-24(23)34-2)15-36-18-9-7-16(8-10-18)27(32)35-3/h4-10,13-14,22H,11-12,15H2,1-3H3/t22-/m1/s1. The van der Waals surface area contributed by atoms with Crippen LogP contribution >= 0.6 is 11.6 Å². The molecule has 1 atom stereocenters. The molecule has 0 bridgehead atoms. The molecule has 0 spiro atoms. The van der Waals surface area contributed by atoms with Crippen molar-refractivity contribution >= 4 is 23.5 Å². The second kappa shape index (κ2) is 10.9. The molecule has 0 aliphatic carbocycles. The highest BCUT2D eigenvalue weighted by Crippen LogP contribution is 2.39. The van der Waals surface area contributed by atoms with Crippen LogP contribution in [0.25, 0.3) is 0 Å². The number of carbonyl (C=O) groups is 2. The SMILES string of the molecule is COC(=O)c1ccc(OC[C@@H]2c3cc(OC)c(OC)cc3CCN2C(=O)c2c(F)cccc2Cl)cc1. The molecule has 7 nitrogen and oxygen atoms in total. The van der Waals surface area contributed by atoms with Gasteiger partial charge in [-0.25, -0.2) is 9.18 Å². The van der Waals surface area contributed by atoms with Gasteiger partial charge < -0.3 is 23.8 Å². The molecule has 1 aliphatic heterocycles. The molecule has 0 radical (unpaired) electrons. The molecule has 0 saturated carbocycles. The van der Waals surface area contributed by atoms with Gasteiger partial charge >= 0.3 is 5.97 Å². The van der Waals surface area contributed by atoms with Crippen molar-refractivity contribution in [2.75, 3.05) is 34.5 Å². The highest BCUT2D eigenvalue weighted by Gasteiger charge is 2.35. The fourth-order valence-electron chi connectivity index (χ4n) is 4.28. The molecule has 0 saturated heterocycles. The molecule has 1 heterocycles. The Morgan fingerprint density at radius 1 is 1.03 bits per heavy atom. The van der Waals surface area contributed by atoms with E-state index < -0.39 is 23.7 Å². The first-order valence-electron chi connectivity index (χ1n) is 11.2. The van der Waals surface area contributed by atoms with Gasteiger partial charge in [-0.2, -0.15) is 0 Å². The lowest BCUT2D eigenvalue weighted by molar-refractivity contribution is 0.0579. The molecule has 3 aromatic rings. The summed E-state index contributed by atoms with van der Waals surface area (Å²) in [4.78, 5) is 26.8. The Balaban J connectivity index is 1.70. The molecule has 4 rings (SSSR count). The molecular formula is C27H25ClFNO6. The number of amides is 1. The van der Waals surface area contributed by atoms with E-state index in [1.54, 1.807) is 36.3 Å². The normalized spacial score (nSPS) is 14.6. The molecule has 1 amide bonds. The van der Waals surface area contributed by atoms with Crippen molar-refractivity contribution < 1.29 is 32.9 Å². The van der Waals surface area contributed by atoms with Crippen LogP contribution in [0.2, 0.25) is 5.02 Å². The zero-order valence-corrected chi connectivity index (χ0v) is 20.8. The van der Waals surface area contributed by atoms with Gasteiger partial charge in [-0.1, -0.05) is 17.7 Å². The van der Waals surface area contributed by atoms with Crippen LogP contribution in [0.4, 0.5) is 4.39 Å². The Hall–Kier alpha value is -3.78. The topological polar surface area (TPSA) is 74.3 Å². The van der Waals surface area contributed by atoms with Crippen molar-refractivity contribution in [3.05, 3.63) is 87.7 Å². The van der Waals surface area contributed by atoms with E-state index in [0.29, 0.717) is 35.8 Å². The Bertz CT molecular complexity index is 1260. The average molecular weight is 514 g/mol. The number of halogens is 2. The van der Waals surface area contributed by atoms with Crippen LogP contribution in [0.5, 0.6) is 17.2 Å². The number of hydrogen-bond donors (Lipinski definition) is 0. The zero-order valence-electron chi connectivity index (χ0n) is 20.0. The minimum atomic E-state index is -0.691. The monoisotopic (exact) mass is 513 g/mol. The predicted molar refractivity (Wildman–Crippen MR) is 132 cm³/mol. The van der Waals surface area contributed by atoms with E-state index in [0.717, 1.165) is 11.1 Å². The number of nitrogens with zero attached hydrogens (tertiary/aromatic N) is 1. The van der Waals surface area contributed by atoms with E-state index in [1.807, 2.05) is 12.1 Å². The van der Waals surface area contributed by atoms with Crippen LogP contribution < -0.4 is 14.2 Å². The van der Waals surface area contributed by atoms with Crippen molar-refractivity contribution in [2.24, 2.45) is 0 Å². The van der Waals surface area contributed by atoms with Crippen molar-refractivity contribution in [3.63, 3.8) is 0 Å². The lowest BCUT2D eigenvalue weighted by atomic mass is 9.91. The van der Waals surface area contributed by atoms with Crippen LogP contribution in [0.1, 0.15) is 37.9 Å². The maximum Gasteiger partial charge on any atom is 0.337 e. The van der Waals surface area contributed by atoms with Crippen molar-refractivity contribution in [1.82, 2.24) is 4.90 Å². The molecule has 0 aromatic heterocycles. The van der Waals surface area contributed by atoms with E-state index in [1.165, 1.54) is 32.4 Å². The first-order chi connectivity index (χ1) is 17.4. The van der Waals surface area contributed by atoms with Crippen LogP contribution in [0.15, 0.2) is 54.6 Å². The number of esters is 1. The van der Waals surface area contributed by atoms with Gasteiger partial charge in [0.05, 0.1) is 43.5 Å². The van der Waals surface area contributed by atoms with Gasteiger partial charge in [0.2, 0.25) is 0 Å². The van der Waals surface area contributed by atoms with Gasteiger partial charge in [-0.05, 0) is 66.1 Å². The first kappa shape index (κ1) is 25.3. The Morgan fingerprint density at radius 3 is 2.36 bits per heavy atom. The van der Waals surface area contributed by atoms with Crippen LogP contribution in [-0.2, 0) is 11.2 Å². The Labute approximate surface area is 213 Å². The van der Waals surface area contributed by atoms with Crippen molar-refractivity contribution in [1.29, 1.82) is 0 Å². The summed E-state index contributed by atoms with van der Waals surface area (Å²) in [6.07, 6.45) is 0.526. The number of rotatable bonds is 7. The summed E-state index contributed by atoms with van der Waals surface area (Å²) in [5.74, 6) is -0.112. The first-order valence-corrected chi connectivity index (χ1v) is 11.6. The third-order valence-corrected chi connectivity index (χ3v) is 6.44. The largest absolute Gasteiger partial charge is 0.493 e. The smallest absolute Gasteiger partial charge is 0.337 e. The summed E-state index contributed by atoms with van der Waals surface area (Å²) < 4.78 is 36.3. The third-order valence-electron chi connectivity index (χ3n) is 6.12. The number of fused-ring (bicyclic) bond motifs is 1. The maximum absolute atomic E-state index is 14.6. The minimum Gasteiger partial charge on any atom is -0.493 e. The molecule has 1 aliphatic rings. The lowest BCUT2D eigenvalue weighted by Gasteiger charge is -2.38. The zero-order chi connectivity index (χ0) is 25.8. The van der Waals surface area contributed by atoms with E-state index in [9.17, 15) is 14.0 Å². The van der Waals surface area contributed by atoms with E-state index in [-0.39, 0.29) is 17.2 Å². The second-order valence-corrected chi connectivity index (χ2v) is 8.50. The number of benzene rings is 3. The fraction of sp³-hybridized carbons (Fsp3) is 0.259. The summed E-state index contributed by atoms with van der Waals surface area (Å²) in [6.45, 7) is 0.388. The molecule has 0 fully saturated rings. The van der Waals surface area contributed by atoms with Gasteiger partial charge in [0.15, 0.2) is 11.5 Å². The highest BCUT2D eigenvalue weighted by atomic mass is 35.5. The lowest BCUT2D eigenvalue weighted by Crippen LogP contribution is -2.43. The summed E-state index contributed by atoms with van der Waals surface area (Å²) in [5.41, 5.74) is 1.96. The predicted octanol–water partition coefficient (Wildman–Crippen LogP) is 5.10. The molecule has 9 heteroatoms. The van der Waals surface area contributed by atoms with E-state index in [4.69, 9.17) is 30.5 Å². The third kappa shape index (κ3) is 4.95. The van der Waals surface area contributed by atoms with Crippen molar-refractivity contribution in [3.8, 4) is 17.2 Å². The summed E-state index contributed by atoms with van der Waals surface area (Å²) >= 11 is 6.21. The van der Waals surface area contributed by atoms with Gasteiger partial charge in [0.1, 0.15) is 18.2 Å². The second-order valence-electron chi connectivity index (χ2n) is 8.09. The van der Waals surface area contributed by atoms with Crippen LogP contribution in [0, 0.1) is 5.82 Å². The van der Waals surface area contributed by atoms with Crippen LogP contribution in [0.3, 0.4) is 0 Å². The molecule has 0 N–H and O–H groups in total. The molecular weight excluding hydrogens is 489 g/mol. The fourth-order valence-corrected chi connectivity index (χ4v) is 4.52. The number of ether oxygens (including phenoxy) is 4. The van der Waals surface area contributed by atoms with Crippen LogP contribution in [-0.4, -0.2) is 51.3 Å². The quantitative estimate of drug-likeness (QED) is 0.409. The van der Waals surface area contributed by atoms with E-state index in [2.05, 4.69) is 0 Å². The molecule has 36 heavy (non-hydrogen) atoms. The highest BCUT2D eigenvalue weighted by molar-refractivity contribution is 6.33. The minimum absolute atomic E-state index is 0.0381. The van der Waals surface area contributed by atoms with Gasteiger partial charge in [-0.3, -0.25) is 4.79 Å². The average Bonchev–Trinajstić information content (AvgIpc) is 2.90. The molecule has 3 aromatic carbocycles. The number of methoxy groups -OCH3 is 3. The van der Waals surface area contributed by atoms with E-state index >= 15 is 0 Å². The number of hydrogen-bond acceptors (Lipinski definition) is 6. The summed E-state index contributed by atoms with van der Waals surface area (Å²) in [6, 6.07) is 13.7. The summed E-state index contributed by atoms with van der Waals surface area (Å²) in [5, 5.41) is 0.0381. The van der Waals surface area contributed by atoms with Gasteiger partial charge in [-0.15, -0.1) is 0 Å². The molecule has 0 unspecified atom stereocenters. The molecule has 188 valence electrons. The summed E-state index contributed by atoms with van der Waals surface area (Å²) in [7, 11) is 4.40.